The maximum Gasteiger partial charge on any atom is 0.573 e. The van der Waals surface area contributed by atoms with Gasteiger partial charge in [-0.1, -0.05) is 20.8 Å². The number of halogens is 3. The summed E-state index contributed by atoms with van der Waals surface area (Å²) in [7, 11) is 2.81. The van der Waals surface area contributed by atoms with E-state index in [0.29, 0.717) is 28.6 Å². The number of aromatic nitrogens is 2. The monoisotopic (exact) mass is 560 g/mol. The summed E-state index contributed by atoms with van der Waals surface area (Å²) < 4.78 is 48.7. The molecule has 1 fully saturated rings. The number of amides is 1. The zero-order valence-electron chi connectivity index (χ0n) is 23.5. The van der Waals surface area contributed by atoms with Crippen LogP contribution in [0.2, 0.25) is 0 Å². The topological polar surface area (TPSA) is 85.7 Å². The molecule has 216 valence electrons. The van der Waals surface area contributed by atoms with Crippen molar-refractivity contribution in [2.24, 2.45) is 11.3 Å². The van der Waals surface area contributed by atoms with Gasteiger partial charge in [0.1, 0.15) is 11.8 Å². The summed E-state index contributed by atoms with van der Waals surface area (Å²) in [6, 6.07) is 10.1. The summed E-state index contributed by atoms with van der Waals surface area (Å²) in [6.07, 6.45) is -1.83. The van der Waals surface area contributed by atoms with E-state index >= 15 is 0 Å². The maximum absolute atomic E-state index is 13.2. The lowest BCUT2D eigenvalue weighted by Crippen LogP contribution is -2.40. The van der Waals surface area contributed by atoms with Gasteiger partial charge in [0, 0.05) is 24.3 Å². The van der Waals surface area contributed by atoms with E-state index in [1.54, 1.807) is 19.1 Å². The summed E-state index contributed by atoms with van der Waals surface area (Å²) in [6.45, 7) is 8.32. The number of rotatable bonds is 7. The maximum atomic E-state index is 13.2. The zero-order valence-corrected chi connectivity index (χ0v) is 23.5. The predicted molar refractivity (Wildman–Crippen MR) is 146 cm³/mol. The minimum Gasteiger partial charge on any atom is -0.467 e. The number of esters is 1. The predicted octanol–water partition coefficient (Wildman–Crippen LogP) is 6.70. The number of methoxy groups -OCH3 is 1. The normalized spacial score (nSPS) is 19.6. The highest BCUT2D eigenvalue weighted by molar-refractivity contribution is 5.99. The van der Waals surface area contributed by atoms with Gasteiger partial charge in [0.05, 0.1) is 18.1 Å². The molecular formula is C29H35F3N4O4. The molecule has 0 bridgehead atoms. The molecule has 0 spiro atoms. The quantitative estimate of drug-likeness (QED) is 0.324. The summed E-state index contributed by atoms with van der Waals surface area (Å²) in [5, 5.41) is 3.26. The van der Waals surface area contributed by atoms with E-state index in [-0.39, 0.29) is 23.1 Å². The smallest absolute Gasteiger partial charge is 0.467 e. The molecule has 4 rings (SSSR count). The van der Waals surface area contributed by atoms with Crippen LogP contribution in [0.5, 0.6) is 5.75 Å². The van der Waals surface area contributed by atoms with Crippen LogP contribution >= 0.6 is 0 Å². The Labute approximate surface area is 231 Å². The second-order valence-electron chi connectivity index (χ2n) is 11.4. The molecule has 1 aliphatic rings. The SMILES string of the molecule is COC(=O)[C@H](C)N(C)C(=O)c1ccc2c(c1)nc(Nc1ccc(OC(F)(F)F)cc1)n2[C@H]1C[C@@H](C)CC(C)(C)C1. The Balaban J connectivity index is 1.72. The van der Waals surface area contributed by atoms with Crippen molar-refractivity contribution in [3.05, 3.63) is 48.0 Å². The molecule has 0 unspecified atom stereocenters. The number of carbonyl (C=O) groups excluding carboxylic acids is 2. The number of likely N-dealkylation sites (N-methyl/N-ethyl adjacent to an activating group) is 1. The Morgan fingerprint density at radius 1 is 1.15 bits per heavy atom. The number of hydrogen-bond acceptors (Lipinski definition) is 6. The fourth-order valence-electron chi connectivity index (χ4n) is 5.76. The Bertz CT molecular complexity index is 1380. The van der Waals surface area contributed by atoms with Crippen LogP contribution in [0.15, 0.2) is 42.5 Å². The lowest BCUT2D eigenvalue weighted by Gasteiger charge is -2.40. The molecule has 0 saturated heterocycles. The van der Waals surface area contributed by atoms with Crippen LogP contribution in [0, 0.1) is 11.3 Å². The molecule has 2 aromatic carbocycles. The highest BCUT2D eigenvalue weighted by Gasteiger charge is 2.35. The van der Waals surface area contributed by atoms with Crippen molar-refractivity contribution in [3.8, 4) is 5.75 Å². The Hall–Kier alpha value is -3.76. The van der Waals surface area contributed by atoms with Crippen LogP contribution in [-0.4, -0.2) is 52.9 Å². The van der Waals surface area contributed by atoms with Gasteiger partial charge in [-0.05, 0) is 80.0 Å². The van der Waals surface area contributed by atoms with E-state index in [1.807, 2.05) is 6.07 Å². The van der Waals surface area contributed by atoms with Gasteiger partial charge in [0.2, 0.25) is 5.95 Å². The van der Waals surface area contributed by atoms with Crippen LogP contribution < -0.4 is 10.1 Å². The fourth-order valence-corrected chi connectivity index (χ4v) is 5.76. The molecule has 40 heavy (non-hydrogen) atoms. The minimum atomic E-state index is -4.77. The van der Waals surface area contributed by atoms with Crippen molar-refractivity contribution in [2.45, 2.75) is 65.4 Å². The molecule has 0 radical (unpaired) electrons. The lowest BCUT2D eigenvalue weighted by atomic mass is 9.70. The first-order valence-electron chi connectivity index (χ1n) is 13.2. The average Bonchev–Trinajstić information content (AvgIpc) is 3.23. The second kappa shape index (κ2) is 11.0. The first-order valence-corrected chi connectivity index (χ1v) is 13.2. The van der Waals surface area contributed by atoms with E-state index in [1.165, 1.54) is 43.3 Å². The molecule has 1 aromatic heterocycles. The van der Waals surface area contributed by atoms with Crippen LogP contribution in [-0.2, 0) is 9.53 Å². The van der Waals surface area contributed by atoms with Crippen molar-refractivity contribution in [3.63, 3.8) is 0 Å². The molecular weight excluding hydrogens is 525 g/mol. The molecule has 1 amide bonds. The third-order valence-corrected chi connectivity index (χ3v) is 7.45. The van der Waals surface area contributed by atoms with Gasteiger partial charge in [-0.15, -0.1) is 13.2 Å². The van der Waals surface area contributed by atoms with E-state index < -0.39 is 18.4 Å². The molecule has 8 nitrogen and oxygen atoms in total. The standard InChI is InChI=1S/C29H35F3N4O4/c1-17-13-21(16-28(3,4)15-17)36-24-12-7-19(25(37)35(5)18(2)26(38)39-6)14-23(24)34-27(36)33-20-8-10-22(11-9-20)40-29(30,31)32/h7-12,14,17-18,21H,13,15-16H2,1-6H3,(H,33,34)/t17-,18+,21+/m1/s1. The zero-order chi connectivity index (χ0) is 29.4. The van der Waals surface area contributed by atoms with Crippen molar-refractivity contribution in [1.29, 1.82) is 0 Å². The number of ether oxygens (including phenoxy) is 2. The molecule has 11 heteroatoms. The average molecular weight is 561 g/mol. The highest BCUT2D eigenvalue weighted by atomic mass is 19.4. The van der Waals surface area contributed by atoms with Crippen LogP contribution in [0.3, 0.4) is 0 Å². The van der Waals surface area contributed by atoms with Crippen LogP contribution in [0.25, 0.3) is 11.0 Å². The molecule has 3 atom stereocenters. The van der Waals surface area contributed by atoms with Gasteiger partial charge in [0.15, 0.2) is 0 Å². The van der Waals surface area contributed by atoms with Gasteiger partial charge < -0.3 is 24.3 Å². The van der Waals surface area contributed by atoms with Crippen LogP contribution in [0.4, 0.5) is 24.8 Å². The van der Waals surface area contributed by atoms with Crippen molar-refractivity contribution in [2.75, 3.05) is 19.5 Å². The molecule has 0 aliphatic heterocycles. The van der Waals surface area contributed by atoms with Crippen molar-refractivity contribution in [1.82, 2.24) is 14.5 Å². The first kappa shape index (κ1) is 29.2. The number of anilines is 2. The number of nitrogens with one attached hydrogen (secondary N) is 1. The second-order valence-corrected chi connectivity index (χ2v) is 11.4. The molecule has 1 N–H and O–H groups in total. The van der Waals surface area contributed by atoms with E-state index in [9.17, 15) is 22.8 Å². The van der Waals surface area contributed by atoms with Gasteiger partial charge >= 0.3 is 12.3 Å². The Morgan fingerprint density at radius 2 is 1.82 bits per heavy atom. The largest absolute Gasteiger partial charge is 0.573 e. The van der Waals surface area contributed by atoms with Gasteiger partial charge in [-0.3, -0.25) is 4.79 Å². The number of carbonyl (C=O) groups is 2. The number of benzene rings is 2. The van der Waals surface area contributed by atoms with E-state index in [2.05, 4.69) is 35.4 Å². The van der Waals surface area contributed by atoms with Gasteiger partial charge in [-0.2, -0.15) is 0 Å². The first-order chi connectivity index (χ1) is 18.7. The number of hydrogen-bond donors (Lipinski definition) is 1. The molecule has 1 aliphatic carbocycles. The number of alkyl halides is 3. The Morgan fingerprint density at radius 3 is 2.42 bits per heavy atom. The number of fused-ring (bicyclic) bond motifs is 1. The summed E-state index contributed by atoms with van der Waals surface area (Å²) >= 11 is 0. The van der Waals surface area contributed by atoms with Crippen molar-refractivity contribution >= 4 is 34.5 Å². The van der Waals surface area contributed by atoms with E-state index in [0.717, 1.165) is 24.8 Å². The van der Waals surface area contributed by atoms with Crippen molar-refractivity contribution < 1.29 is 32.2 Å². The highest BCUT2D eigenvalue weighted by Crippen LogP contribution is 2.46. The Kier molecular flexibility index (Phi) is 8.05. The molecule has 3 aromatic rings. The fraction of sp³-hybridized carbons (Fsp3) is 0.483. The van der Waals surface area contributed by atoms with Crippen LogP contribution in [0.1, 0.15) is 63.4 Å². The molecule has 1 saturated carbocycles. The van der Waals surface area contributed by atoms with Gasteiger partial charge in [0.25, 0.3) is 5.91 Å². The summed E-state index contributed by atoms with van der Waals surface area (Å²) in [5.74, 6) is -0.185. The third-order valence-electron chi connectivity index (χ3n) is 7.45. The lowest BCUT2D eigenvalue weighted by molar-refractivity contribution is -0.274. The minimum absolute atomic E-state index is 0.107. The number of nitrogens with zero attached hydrogens (tertiary/aromatic N) is 3. The summed E-state index contributed by atoms with van der Waals surface area (Å²) in [4.78, 5) is 31.3. The van der Waals surface area contributed by atoms with Gasteiger partial charge in [-0.25, -0.2) is 9.78 Å². The third kappa shape index (κ3) is 6.51. The molecule has 1 heterocycles. The van der Waals surface area contributed by atoms with E-state index in [4.69, 9.17) is 9.72 Å². The summed E-state index contributed by atoms with van der Waals surface area (Å²) in [5.41, 5.74) is 2.43. The number of imidazole rings is 1.